The number of hydrogen-bond acceptors (Lipinski definition) is 6. The number of anilines is 1. The van der Waals surface area contributed by atoms with Gasteiger partial charge in [0.05, 0.1) is 22.9 Å². The molecule has 142 valence electrons. The van der Waals surface area contributed by atoms with E-state index in [0.717, 1.165) is 47.3 Å². The molecule has 0 spiro atoms. The zero-order valence-electron chi connectivity index (χ0n) is 16.0. The SMILES string of the molecule is CCOc1ccc2nc(N3CCN(C(C)C(=O)NC(C)C)CC3)sc2c1. The van der Waals surface area contributed by atoms with Gasteiger partial charge in [-0.15, -0.1) is 0 Å². The highest BCUT2D eigenvalue weighted by molar-refractivity contribution is 7.22. The summed E-state index contributed by atoms with van der Waals surface area (Å²) in [5.74, 6) is 1.00. The van der Waals surface area contributed by atoms with E-state index in [2.05, 4.69) is 21.2 Å². The second kappa shape index (κ2) is 8.22. The van der Waals surface area contributed by atoms with E-state index in [-0.39, 0.29) is 18.0 Å². The average Bonchev–Trinajstić information content (AvgIpc) is 3.04. The highest BCUT2D eigenvalue weighted by Crippen LogP contribution is 2.32. The zero-order valence-corrected chi connectivity index (χ0v) is 16.8. The molecule has 1 atom stereocenters. The second-order valence-electron chi connectivity index (χ2n) is 6.92. The number of aromatic nitrogens is 1. The van der Waals surface area contributed by atoms with Crippen molar-refractivity contribution < 1.29 is 9.53 Å². The van der Waals surface area contributed by atoms with Gasteiger partial charge in [-0.1, -0.05) is 11.3 Å². The van der Waals surface area contributed by atoms with Crippen LogP contribution in [0, 0.1) is 0 Å². The van der Waals surface area contributed by atoms with Crippen LogP contribution in [0.4, 0.5) is 5.13 Å². The molecule has 1 N–H and O–H groups in total. The summed E-state index contributed by atoms with van der Waals surface area (Å²) in [6, 6.07) is 6.14. The van der Waals surface area contributed by atoms with E-state index in [0.29, 0.717) is 6.61 Å². The number of hydrogen-bond donors (Lipinski definition) is 1. The summed E-state index contributed by atoms with van der Waals surface area (Å²) in [6.07, 6.45) is 0. The molecule has 2 aromatic rings. The van der Waals surface area contributed by atoms with Crippen molar-refractivity contribution in [1.82, 2.24) is 15.2 Å². The molecule has 1 aromatic carbocycles. The molecule has 3 rings (SSSR count). The first kappa shape index (κ1) is 18.9. The van der Waals surface area contributed by atoms with Gasteiger partial charge in [0.15, 0.2) is 5.13 Å². The van der Waals surface area contributed by atoms with Gasteiger partial charge in [0.1, 0.15) is 5.75 Å². The second-order valence-corrected chi connectivity index (χ2v) is 7.93. The molecule has 1 saturated heterocycles. The van der Waals surface area contributed by atoms with Crippen LogP contribution in [0.5, 0.6) is 5.75 Å². The smallest absolute Gasteiger partial charge is 0.237 e. The van der Waals surface area contributed by atoms with Gasteiger partial charge in [-0.05, 0) is 45.9 Å². The highest BCUT2D eigenvalue weighted by atomic mass is 32.1. The molecule has 1 aliphatic rings. The number of ether oxygens (including phenoxy) is 1. The van der Waals surface area contributed by atoms with Crippen LogP contribution in [0.15, 0.2) is 18.2 Å². The van der Waals surface area contributed by atoms with E-state index >= 15 is 0 Å². The number of nitrogens with one attached hydrogen (secondary N) is 1. The van der Waals surface area contributed by atoms with Crippen LogP contribution >= 0.6 is 11.3 Å². The fraction of sp³-hybridized carbons (Fsp3) is 0.579. The molecule has 0 aliphatic carbocycles. The van der Waals surface area contributed by atoms with Crippen LogP contribution in [0.3, 0.4) is 0 Å². The maximum absolute atomic E-state index is 12.2. The molecule has 0 bridgehead atoms. The minimum absolute atomic E-state index is 0.0938. The largest absolute Gasteiger partial charge is 0.494 e. The average molecular weight is 377 g/mol. The van der Waals surface area contributed by atoms with Crippen molar-refractivity contribution >= 4 is 32.6 Å². The molecule has 6 nitrogen and oxygen atoms in total. The Labute approximate surface area is 159 Å². The third-order valence-corrected chi connectivity index (χ3v) is 5.68. The predicted octanol–water partition coefficient (Wildman–Crippen LogP) is 2.73. The number of thiazole rings is 1. The topological polar surface area (TPSA) is 57.7 Å². The molecular formula is C19H28N4O2S. The van der Waals surface area contributed by atoms with Crippen LogP contribution < -0.4 is 15.0 Å². The first-order chi connectivity index (χ1) is 12.5. The van der Waals surface area contributed by atoms with Crippen LogP contribution in [-0.4, -0.2) is 60.7 Å². The van der Waals surface area contributed by atoms with Gasteiger partial charge < -0.3 is 15.0 Å². The lowest BCUT2D eigenvalue weighted by Crippen LogP contribution is -2.54. The maximum Gasteiger partial charge on any atom is 0.237 e. The standard InChI is InChI=1S/C19H28N4O2S/c1-5-25-15-6-7-16-17(12-15)26-19(21-16)23-10-8-22(9-11-23)14(4)18(24)20-13(2)3/h6-7,12-14H,5,8-11H2,1-4H3,(H,20,24). The first-order valence-corrected chi connectivity index (χ1v) is 10.1. The van der Waals surface area contributed by atoms with Crippen molar-refractivity contribution in [2.75, 3.05) is 37.7 Å². The van der Waals surface area contributed by atoms with Crippen molar-refractivity contribution in [2.24, 2.45) is 0 Å². The molecule has 1 unspecified atom stereocenters. The van der Waals surface area contributed by atoms with Crippen molar-refractivity contribution in [2.45, 2.75) is 39.8 Å². The molecule has 0 saturated carbocycles. The summed E-state index contributed by atoms with van der Waals surface area (Å²) in [5.41, 5.74) is 1.01. The lowest BCUT2D eigenvalue weighted by Gasteiger charge is -2.37. The lowest BCUT2D eigenvalue weighted by molar-refractivity contribution is -0.126. The molecule has 1 aliphatic heterocycles. The maximum atomic E-state index is 12.2. The number of rotatable bonds is 6. The van der Waals surface area contributed by atoms with E-state index in [1.165, 1.54) is 0 Å². The fourth-order valence-electron chi connectivity index (χ4n) is 3.16. The number of carbonyl (C=O) groups excluding carboxylic acids is 1. The Balaban J connectivity index is 1.62. The molecule has 1 aromatic heterocycles. The van der Waals surface area contributed by atoms with E-state index in [4.69, 9.17) is 9.72 Å². The third-order valence-electron chi connectivity index (χ3n) is 4.60. The summed E-state index contributed by atoms with van der Waals surface area (Å²) in [5, 5.41) is 4.05. The van der Waals surface area contributed by atoms with Gasteiger partial charge in [-0.3, -0.25) is 9.69 Å². The van der Waals surface area contributed by atoms with E-state index in [9.17, 15) is 4.79 Å². The minimum Gasteiger partial charge on any atom is -0.494 e. The summed E-state index contributed by atoms with van der Waals surface area (Å²) < 4.78 is 6.73. The van der Waals surface area contributed by atoms with Crippen LogP contribution in [0.1, 0.15) is 27.7 Å². The number of amides is 1. The van der Waals surface area contributed by atoms with Gasteiger partial charge in [0.2, 0.25) is 5.91 Å². The van der Waals surface area contributed by atoms with E-state index in [1.54, 1.807) is 11.3 Å². The zero-order chi connectivity index (χ0) is 18.7. The van der Waals surface area contributed by atoms with Crippen LogP contribution in [0.2, 0.25) is 0 Å². The molecule has 2 heterocycles. The van der Waals surface area contributed by atoms with Crippen molar-refractivity contribution in [3.8, 4) is 5.75 Å². The van der Waals surface area contributed by atoms with Crippen LogP contribution in [-0.2, 0) is 4.79 Å². The number of nitrogens with zero attached hydrogens (tertiary/aromatic N) is 3. The Bertz CT molecular complexity index is 753. The molecule has 26 heavy (non-hydrogen) atoms. The van der Waals surface area contributed by atoms with Crippen molar-refractivity contribution in [3.63, 3.8) is 0 Å². The molecule has 1 fully saturated rings. The van der Waals surface area contributed by atoms with Gasteiger partial charge in [-0.25, -0.2) is 4.98 Å². The van der Waals surface area contributed by atoms with Crippen LogP contribution in [0.25, 0.3) is 10.2 Å². The Hall–Kier alpha value is -1.86. The highest BCUT2D eigenvalue weighted by Gasteiger charge is 2.27. The van der Waals surface area contributed by atoms with Gasteiger partial charge in [0.25, 0.3) is 0 Å². The summed E-state index contributed by atoms with van der Waals surface area (Å²) >= 11 is 1.71. The normalized spacial score (nSPS) is 16.9. The summed E-state index contributed by atoms with van der Waals surface area (Å²) in [7, 11) is 0. The predicted molar refractivity (Wildman–Crippen MR) is 107 cm³/mol. The number of carbonyl (C=O) groups is 1. The Kier molecular flexibility index (Phi) is 5.98. The molecule has 0 radical (unpaired) electrons. The minimum atomic E-state index is -0.0938. The quantitative estimate of drug-likeness (QED) is 0.840. The summed E-state index contributed by atoms with van der Waals surface area (Å²) in [6.45, 7) is 12.1. The van der Waals surface area contributed by atoms with Gasteiger partial charge in [0, 0.05) is 32.2 Å². The number of fused-ring (bicyclic) bond motifs is 1. The van der Waals surface area contributed by atoms with E-state index < -0.39 is 0 Å². The first-order valence-electron chi connectivity index (χ1n) is 9.30. The Morgan fingerprint density at radius 2 is 2.00 bits per heavy atom. The summed E-state index contributed by atoms with van der Waals surface area (Å²) in [4.78, 5) is 21.6. The monoisotopic (exact) mass is 376 g/mol. The number of piperazine rings is 1. The molecular weight excluding hydrogens is 348 g/mol. The van der Waals surface area contributed by atoms with Gasteiger partial charge in [-0.2, -0.15) is 0 Å². The fourth-order valence-corrected chi connectivity index (χ4v) is 4.20. The lowest BCUT2D eigenvalue weighted by atomic mass is 10.2. The molecule has 1 amide bonds. The number of benzene rings is 1. The third kappa shape index (κ3) is 4.27. The van der Waals surface area contributed by atoms with Crippen molar-refractivity contribution in [1.29, 1.82) is 0 Å². The molecule has 7 heteroatoms. The van der Waals surface area contributed by atoms with E-state index in [1.807, 2.05) is 39.8 Å². The van der Waals surface area contributed by atoms with Gasteiger partial charge >= 0.3 is 0 Å². The van der Waals surface area contributed by atoms with Crippen molar-refractivity contribution in [3.05, 3.63) is 18.2 Å². The Morgan fingerprint density at radius 1 is 1.27 bits per heavy atom. The Morgan fingerprint density at radius 3 is 2.65 bits per heavy atom.